The zero-order chi connectivity index (χ0) is 25.3. The average molecular weight is 550 g/mol. The molecule has 4 aliphatic carbocycles. The summed E-state index contributed by atoms with van der Waals surface area (Å²) in [6.07, 6.45) is 8.94. The minimum Gasteiger partial charge on any atom is -0.508 e. The number of halogens is 1. The van der Waals surface area contributed by atoms with Gasteiger partial charge in [0, 0.05) is 38.7 Å². The Balaban J connectivity index is 1.48. The maximum absolute atomic E-state index is 13.9. The fourth-order valence-electron chi connectivity index (χ4n) is 7.20. The Hall–Kier alpha value is -2.80. The molecule has 2 amide bonds. The van der Waals surface area contributed by atoms with Gasteiger partial charge in [0.25, 0.3) is 0 Å². The first-order valence-corrected chi connectivity index (χ1v) is 13.6. The first-order valence-electron chi connectivity index (χ1n) is 12.8. The summed E-state index contributed by atoms with van der Waals surface area (Å²) in [6.45, 7) is 1.64. The van der Waals surface area contributed by atoms with E-state index in [1.165, 1.54) is 6.08 Å². The number of likely N-dealkylation sites (tertiary alicyclic amines) is 1. The number of ketones is 2. The highest BCUT2D eigenvalue weighted by Gasteiger charge is 2.57. The fraction of sp³-hybridized carbons (Fsp3) is 0.448. The van der Waals surface area contributed by atoms with Crippen LogP contribution in [0.3, 0.4) is 0 Å². The molecule has 6 nitrogen and oxygen atoms in total. The number of phenolic OH excluding ortho intramolecular Hbond substituents is 1. The summed E-state index contributed by atoms with van der Waals surface area (Å²) in [5, 5.41) is 10.9. The molecule has 6 rings (SSSR count). The van der Waals surface area contributed by atoms with Gasteiger partial charge in [0.15, 0.2) is 11.6 Å². The van der Waals surface area contributed by atoms with E-state index in [0.717, 1.165) is 42.1 Å². The molecule has 2 fully saturated rings. The minimum absolute atomic E-state index is 0.0313. The number of carbonyl (C=O) groups is 4. The molecule has 1 saturated heterocycles. The number of aromatic hydroxyl groups is 1. The molecule has 1 heterocycles. The van der Waals surface area contributed by atoms with Crippen molar-refractivity contribution in [3.63, 3.8) is 0 Å². The lowest BCUT2D eigenvalue weighted by Crippen LogP contribution is -2.43. The van der Waals surface area contributed by atoms with Crippen LogP contribution in [0.25, 0.3) is 0 Å². The molecule has 1 aliphatic heterocycles. The molecule has 0 radical (unpaired) electrons. The van der Waals surface area contributed by atoms with Crippen LogP contribution in [0.5, 0.6) is 5.75 Å². The molecule has 4 unspecified atom stereocenters. The number of hydrogen-bond donors (Lipinski definition) is 1. The van der Waals surface area contributed by atoms with Crippen LogP contribution < -0.4 is 0 Å². The van der Waals surface area contributed by atoms with E-state index in [0.29, 0.717) is 28.7 Å². The Morgan fingerprint density at radius 3 is 2.50 bits per heavy atom. The van der Waals surface area contributed by atoms with Gasteiger partial charge in [-0.1, -0.05) is 46.8 Å². The average Bonchev–Trinajstić information content (AvgIpc) is 3.13. The predicted octanol–water partition coefficient (Wildman–Crippen LogP) is 4.92. The quantitative estimate of drug-likeness (QED) is 0.321. The summed E-state index contributed by atoms with van der Waals surface area (Å²) >= 11 is 3.48. The van der Waals surface area contributed by atoms with E-state index in [2.05, 4.69) is 15.9 Å². The molecular formula is C29H28BrNO5. The number of fused-ring (bicyclic) bond motifs is 3. The van der Waals surface area contributed by atoms with Crippen LogP contribution in [0.4, 0.5) is 0 Å². The maximum Gasteiger partial charge on any atom is 0.233 e. The molecule has 1 N–H and O–H groups in total. The second-order valence-electron chi connectivity index (χ2n) is 10.8. The van der Waals surface area contributed by atoms with Gasteiger partial charge in [-0.05, 0) is 62.8 Å². The lowest BCUT2D eigenvalue weighted by atomic mass is 9.59. The molecule has 0 aromatic heterocycles. The third kappa shape index (κ3) is 3.42. The summed E-state index contributed by atoms with van der Waals surface area (Å²) in [7, 11) is 0. The van der Waals surface area contributed by atoms with Crippen LogP contribution in [0.2, 0.25) is 0 Å². The molecule has 36 heavy (non-hydrogen) atoms. The maximum atomic E-state index is 13.9. The van der Waals surface area contributed by atoms with Crippen LogP contribution >= 0.6 is 15.9 Å². The van der Waals surface area contributed by atoms with Gasteiger partial charge in [0.2, 0.25) is 11.8 Å². The Morgan fingerprint density at radius 1 is 1.00 bits per heavy atom. The summed E-state index contributed by atoms with van der Waals surface area (Å²) in [4.78, 5) is 55.5. The second kappa shape index (κ2) is 8.65. The van der Waals surface area contributed by atoms with Gasteiger partial charge in [-0.15, -0.1) is 0 Å². The Bertz CT molecular complexity index is 1310. The topological polar surface area (TPSA) is 91.8 Å². The Kier molecular flexibility index (Phi) is 5.67. The summed E-state index contributed by atoms with van der Waals surface area (Å²) in [5.41, 5.74) is 2.58. The summed E-state index contributed by atoms with van der Waals surface area (Å²) in [6, 6.07) is 5.03. The third-order valence-corrected chi connectivity index (χ3v) is 9.33. The molecule has 0 bridgehead atoms. The largest absolute Gasteiger partial charge is 0.508 e. The Labute approximate surface area is 218 Å². The van der Waals surface area contributed by atoms with E-state index in [-0.39, 0.29) is 47.5 Å². The SMILES string of the molecule is CC1=CC(=O)C2=C(C1=O)C(c1cc(Br)ccc1O)C1=CCC3C(=O)N(C4CCCCC4)C(=O)C3C1C2. The van der Waals surface area contributed by atoms with E-state index < -0.39 is 17.8 Å². The van der Waals surface area contributed by atoms with Gasteiger partial charge < -0.3 is 5.11 Å². The van der Waals surface area contributed by atoms with Crippen molar-refractivity contribution in [2.75, 3.05) is 0 Å². The van der Waals surface area contributed by atoms with E-state index in [1.807, 2.05) is 6.08 Å². The number of amides is 2. The standard InChI is InChI=1S/C29H28BrNO5/c1-14-11-23(33)21-13-19-17(24(26(21)27(14)34)20-12-15(30)7-10-22(20)32)8-9-18-25(19)29(36)31(28(18)35)16-5-3-2-4-6-16/h7-8,10-12,16,18-19,24-25,32H,2-6,9,13H2,1H3. The summed E-state index contributed by atoms with van der Waals surface area (Å²) < 4.78 is 0.742. The predicted molar refractivity (Wildman–Crippen MR) is 136 cm³/mol. The number of carbonyl (C=O) groups excluding carboxylic acids is 4. The number of phenols is 1. The van der Waals surface area contributed by atoms with Gasteiger partial charge in [-0.3, -0.25) is 24.1 Å². The molecule has 1 saturated carbocycles. The first-order chi connectivity index (χ1) is 17.3. The van der Waals surface area contributed by atoms with Crippen LogP contribution in [-0.2, 0) is 19.2 Å². The van der Waals surface area contributed by atoms with Crippen molar-refractivity contribution >= 4 is 39.3 Å². The lowest BCUT2D eigenvalue weighted by Gasteiger charge is -2.42. The molecule has 7 heteroatoms. The zero-order valence-corrected chi connectivity index (χ0v) is 21.7. The van der Waals surface area contributed by atoms with Crippen LogP contribution in [0.1, 0.15) is 63.4 Å². The summed E-state index contributed by atoms with van der Waals surface area (Å²) in [5.74, 6) is -2.58. The monoisotopic (exact) mass is 549 g/mol. The van der Waals surface area contributed by atoms with E-state index in [1.54, 1.807) is 30.0 Å². The van der Waals surface area contributed by atoms with E-state index in [4.69, 9.17) is 0 Å². The molecule has 1 aromatic rings. The normalized spacial score (nSPS) is 30.7. The minimum atomic E-state index is -0.635. The van der Waals surface area contributed by atoms with E-state index in [9.17, 15) is 24.3 Å². The van der Waals surface area contributed by atoms with Gasteiger partial charge in [0.05, 0.1) is 11.8 Å². The first kappa shape index (κ1) is 23.6. The van der Waals surface area contributed by atoms with Crippen molar-refractivity contribution in [3.05, 3.63) is 62.7 Å². The van der Waals surface area contributed by atoms with Gasteiger partial charge >= 0.3 is 0 Å². The number of nitrogens with zero attached hydrogens (tertiary/aromatic N) is 1. The molecule has 4 atom stereocenters. The molecule has 0 spiro atoms. The highest BCUT2D eigenvalue weighted by Crippen LogP contribution is 2.56. The molecule has 1 aromatic carbocycles. The van der Waals surface area contributed by atoms with Crippen molar-refractivity contribution < 1.29 is 24.3 Å². The smallest absolute Gasteiger partial charge is 0.233 e. The number of hydrogen-bond acceptors (Lipinski definition) is 5. The van der Waals surface area contributed by atoms with Gasteiger partial charge in [-0.2, -0.15) is 0 Å². The van der Waals surface area contributed by atoms with Crippen LogP contribution in [-0.4, -0.2) is 39.4 Å². The van der Waals surface area contributed by atoms with Crippen molar-refractivity contribution in [3.8, 4) is 5.75 Å². The Morgan fingerprint density at radius 2 is 1.75 bits per heavy atom. The third-order valence-electron chi connectivity index (χ3n) is 8.84. The highest BCUT2D eigenvalue weighted by molar-refractivity contribution is 9.10. The van der Waals surface area contributed by atoms with Gasteiger partial charge in [0.1, 0.15) is 5.75 Å². The highest BCUT2D eigenvalue weighted by atomic mass is 79.9. The van der Waals surface area contributed by atoms with Crippen molar-refractivity contribution in [1.82, 2.24) is 4.90 Å². The van der Waals surface area contributed by atoms with E-state index >= 15 is 0 Å². The lowest BCUT2D eigenvalue weighted by molar-refractivity contribution is -0.143. The number of allylic oxidation sites excluding steroid dienone is 6. The number of Topliss-reactive ketones (excluding diaryl/α,β-unsaturated/α-hetero) is 1. The molecule has 5 aliphatic rings. The van der Waals surface area contributed by atoms with Crippen LogP contribution in [0, 0.1) is 17.8 Å². The molecular weight excluding hydrogens is 522 g/mol. The van der Waals surface area contributed by atoms with Gasteiger partial charge in [-0.25, -0.2) is 0 Å². The zero-order valence-electron chi connectivity index (χ0n) is 20.1. The number of benzene rings is 1. The molecule has 186 valence electrons. The number of rotatable bonds is 2. The van der Waals surface area contributed by atoms with Crippen molar-refractivity contribution in [2.24, 2.45) is 17.8 Å². The van der Waals surface area contributed by atoms with Crippen molar-refractivity contribution in [1.29, 1.82) is 0 Å². The number of imide groups is 1. The second-order valence-corrected chi connectivity index (χ2v) is 11.7. The fourth-order valence-corrected chi connectivity index (χ4v) is 7.58. The van der Waals surface area contributed by atoms with Crippen LogP contribution in [0.15, 0.2) is 57.1 Å². The van der Waals surface area contributed by atoms with Crippen molar-refractivity contribution in [2.45, 2.75) is 63.8 Å².